The molecule has 14 heteroatoms. The standard InChI is InChI=1S/C40H40N4O8S2/c1-26-10-16-31(17-11-26)54(49,50)44-21-20-33-35(25-43(5)38(45)37(33)44)34-23-32(53(6,47)48)18-19-36(34)51-30-9-7-8-29(22-30)41-24-27-12-14-28(15-13-27)42-39(46)52-40(2,3)4/h7-23,25,41H,24H2,1-6H3,(H,42,46). The van der Waals surface area contributed by atoms with Crippen molar-refractivity contribution in [1.29, 1.82) is 0 Å². The lowest BCUT2D eigenvalue weighted by atomic mass is 10.0. The van der Waals surface area contributed by atoms with E-state index in [4.69, 9.17) is 9.47 Å². The topological polar surface area (TPSA) is 155 Å². The van der Waals surface area contributed by atoms with E-state index in [0.717, 1.165) is 27.0 Å². The van der Waals surface area contributed by atoms with E-state index in [1.54, 1.807) is 63.2 Å². The van der Waals surface area contributed by atoms with Gasteiger partial charge < -0.3 is 19.4 Å². The van der Waals surface area contributed by atoms with Gasteiger partial charge in [-0.2, -0.15) is 0 Å². The first kappa shape index (κ1) is 37.9. The van der Waals surface area contributed by atoms with Gasteiger partial charge in [0.1, 0.15) is 22.6 Å². The number of rotatable bonds is 10. The number of anilines is 2. The maximum Gasteiger partial charge on any atom is 0.412 e. The van der Waals surface area contributed by atoms with Gasteiger partial charge >= 0.3 is 6.09 Å². The Bertz CT molecular complexity index is 2660. The van der Waals surface area contributed by atoms with Crippen LogP contribution in [0.15, 0.2) is 124 Å². The van der Waals surface area contributed by atoms with Crippen LogP contribution in [-0.2, 0) is 38.2 Å². The van der Waals surface area contributed by atoms with Gasteiger partial charge in [-0.15, -0.1) is 0 Å². The first-order valence-electron chi connectivity index (χ1n) is 16.9. The minimum atomic E-state index is -4.16. The zero-order chi connectivity index (χ0) is 39.0. The van der Waals surface area contributed by atoms with Crippen molar-refractivity contribution in [2.24, 2.45) is 7.05 Å². The Kier molecular flexibility index (Phi) is 10.2. The third-order valence-electron chi connectivity index (χ3n) is 8.39. The van der Waals surface area contributed by atoms with Crippen LogP contribution < -0.4 is 20.9 Å². The Labute approximate surface area is 314 Å². The summed E-state index contributed by atoms with van der Waals surface area (Å²) < 4.78 is 66.9. The van der Waals surface area contributed by atoms with Crippen molar-refractivity contribution < 1.29 is 31.1 Å². The van der Waals surface area contributed by atoms with Gasteiger partial charge in [0.25, 0.3) is 15.6 Å². The molecule has 0 aliphatic heterocycles. The molecular formula is C40H40N4O8S2. The molecule has 12 nitrogen and oxygen atoms in total. The summed E-state index contributed by atoms with van der Waals surface area (Å²) in [6, 6.07) is 26.8. The lowest BCUT2D eigenvalue weighted by molar-refractivity contribution is 0.0636. The van der Waals surface area contributed by atoms with Crippen LogP contribution in [0, 0.1) is 6.92 Å². The molecule has 0 atom stereocenters. The summed E-state index contributed by atoms with van der Waals surface area (Å²) in [6.45, 7) is 7.69. The number of pyridine rings is 1. The lowest BCUT2D eigenvalue weighted by Gasteiger charge is -2.19. The Morgan fingerprint density at radius 1 is 0.815 bits per heavy atom. The molecule has 0 saturated heterocycles. The molecule has 0 unspecified atom stereocenters. The van der Waals surface area contributed by atoms with Crippen LogP contribution in [0.4, 0.5) is 16.2 Å². The first-order chi connectivity index (χ1) is 25.4. The van der Waals surface area contributed by atoms with Crippen molar-refractivity contribution in [3.8, 4) is 22.6 Å². The number of benzene rings is 4. The molecular weight excluding hydrogens is 729 g/mol. The number of amides is 1. The fourth-order valence-corrected chi connectivity index (χ4v) is 7.73. The first-order valence-corrected chi connectivity index (χ1v) is 20.2. The smallest absolute Gasteiger partial charge is 0.412 e. The SMILES string of the molecule is Cc1ccc(S(=O)(=O)n2ccc3c(-c4cc(S(C)(=O)=O)ccc4Oc4cccc(NCc5ccc(NC(=O)OC(C)(C)C)cc5)c4)cn(C)c(=O)c32)cc1. The molecule has 2 N–H and O–H groups in total. The fourth-order valence-electron chi connectivity index (χ4n) is 5.74. The summed E-state index contributed by atoms with van der Waals surface area (Å²) in [4.78, 5) is 25.7. The molecule has 6 aromatic rings. The quantitative estimate of drug-likeness (QED) is 0.143. The third kappa shape index (κ3) is 8.35. The van der Waals surface area contributed by atoms with Crippen LogP contribution in [0.5, 0.6) is 11.5 Å². The van der Waals surface area contributed by atoms with Gasteiger partial charge in [-0.25, -0.2) is 25.6 Å². The van der Waals surface area contributed by atoms with Gasteiger partial charge in [-0.05, 0) is 93.9 Å². The van der Waals surface area contributed by atoms with Crippen molar-refractivity contribution >= 4 is 48.2 Å². The molecule has 0 bridgehead atoms. The van der Waals surface area contributed by atoms with Crippen molar-refractivity contribution in [3.05, 3.63) is 131 Å². The molecule has 0 saturated carbocycles. The largest absolute Gasteiger partial charge is 0.457 e. The predicted molar refractivity (Wildman–Crippen MR) is 210 cm³/mol. The number of ether oxygens (including phenoxy) is 2. The number of nitrogens with zero attached hydrogens (tertiary/aromatic N) is 2. The molecule has 0 fully saturated rings. The number of hydrogen-bond donors (Lipinski definition) is 2. The molecule has 54 heavy (non-hydrogen) atoms. The Hall–Kier alpha value is -5.86. The zero-order valence-corrected chi connectivity index (χ0v) is 32.2. The molecule has 4 aromatic carbocycles. The number of aryl methyl sites for hydroxylation is 2. The van der Waals surface area contributed by atoms with E-state index in [9.17, 15) is 26.4 Å². The lowest BCUT2D eigenvalue weighted by Crippen LogP contribution is -2.27. The van der Waals surface area contributed by atoms with Crippen LogP contribution in [0.1, 0.15) is 31.9 Å². The van der Waals surface area contributed by atoms with Gasteiger partial charge in [0.05, 0.1) is 9.79 Å². The van der Waals surface area contributed by atoms with Gasteiger partial charge in [0.2, 0.25) is 0 Å². The van der Waals surface area contributed by atoms with Crippen LogP contribution in [-0.4, -0.2) is 43.3 Å². The average Bonchev–Trinajstić information content (AvgIpc) is 3.56. The maximum absolute atomic E-state index is 13.8. The molecule has 2 aromatic heterocycles. The summed E-state index contributed by atoms with van der Waals surface area (Å²) in [7, 11) is -6.33. The zero-order valence-electron chi connectivity index (χ0n) is 30.6. The highest BCUT2D eigenvalue weighted by Crippen LogP contribution is 2.39. The van der Waals surface area contributed by atoms with Crippen LogP contribution in [0.25, 0.3) is 22.0 Å². The third-order valence-corrected chi connectivity index (χ3v) is 11.2. The molecule has 6 rings (SSSR count). The van der Waals surface area contributed by atoms with Crippen molar-refractivity contribution in [3.63, 3.8) is 0 Å². The second-order valence-electron chi connectivity index (χ2n) is 13.9. The number of fused-ring (bicyclic) bond motifs is 1. The number of hydrogen-bond acceptors (Lipinski definition) is 9. The van der Waals surface area contributed by atoms with E-state index in [1.807, 2.05) is 25.1 Å². The van der Waals surface area contributed by atoms with Crippen molar-refractivity contribution in [1.82, 2.24) is 8.54 Å². The monoisotopic (exact) mass is 768 g/mol. The molecule has 0 spiro atoms. The highest BCUT2D eigenvalue weighted by Gasteiger charge is 2.25. The minimum absolute atomic E-state index is 0.0151. The molecule has 0 aliphatic rings. The summed E-state index contributed by atoms with van der Waals surface area (Å²) in [5, 5.41) is 6.37. The molecule has 0 aliphatic carbocycles. The van der Waals surface area contributed by atoms with Gasteiger partial charge in [0, 0.05) is 66.2 Å². The second-order valence-corrected chi connectivity index (χ2v) is 17.7. The molecule has 280 valence electrons. The van der Waals surface area contributed by atoms with Crippen LogP contribution in [0.2, 0.25) is 0 Å². The van der Waals surface area contributed by atoms with Gasteiger partial charge in [-0.3, -0.25) is 10.1 Å². The van der Waals surface area contributed by atoms with E-state index in [2.05, 4.69) is 10.6 Å². The summed E-state index contributed by atoms with van der Waals surface area (Å²) >= 11 is 0. The number of carbonyl (C=O) groups is 1. The number of nitrogens with one attached hydrogen (secondary N) is 2. The summed E-state index contributed by atoms with van der Waals surface area (Å²) in [6.07, 6.45) is 3.41. The highest BCUT2D eigenvalue weighted by molar-refractivity contribution is 7.90. The van der Waals surface area contributed by atoms with Gasteiger partial charge in [-0.1, -0.05) is 35.9 Å². The Morgan fingerprint density at radius 2 is 1.50 bits per heavy atom. The van der Waals surface area contributed by atoms with E-state index in [-0.39, 0.29) is 21.1 Å². The van der Waals surface area contributed by atoms with Crippen molar-refractivity contribution in [2.75, 3.05) is 16.9 Å². The van der Waals surface area contributed by atoms with E-state index in [0.29, 0.717) is 34.5 Å². The Morgan fingerprint density at radius 3 is 2.17 bits per heavy atom. The second kappa shape index (κ2) is 14.5. The highest BCUT2D eigenvalue weighted by atomic mass is 32.2. The minimum Gasteiger partial charge on any atom is -0.457 e. The van der Waals surface area contributed by atoms with Crippen molar-refractivity contribution in [2.45, 2.75) is 49.6 Å². The number of sulfone groups is 1. The van der Waals surface area contributed by atoms with E-state index < -0.39 is 37.1 Å². The van der Waals surface area contributed by atoms with E-state index in [1.165, 1.54) is 60.4 Å². The summed E-state index contributed by atoms with van der Waals surface area (Å²) in [5.41, 5.74) is 2.64. The maximum atomic E-state index is 13.8. The average molecular weight is 769 g/mol. The Balaban J connectivity index is 1.31. The fraction of sp³-hybridized carbons (Fsp3) is 0.200. The predicted octanol–water partition coefficient (Wildman–Crippen LogP) is 7.71. The number of carbonyl (C=O) groups excluding carboxylic acids is 1. The summed E-state index contributed by atoms with van der Waals surface area (Å²) in [5.74, 6) is 0.715. The molecule has 2 heterocycles. The van der Waals surface area contributed by atoms with Crippen LogP contribution >= 0.6 is 0 Å². The normalized spacial score (nSPS) is 12.0. The van der Waals surface area contributed by atoms with Gasteiger partial charge in [0.15, 0.2) is 9.84 Å². The number of aromatic nitrogens is 2. The van der Waals surface area contributed by atoms with E-state index >= 15 is 0 Å². The molecule has 0 radical (unpaired) electrons. The molecule has 1 amide bonds. The van der Waals surface area contributed by atoms with Crippen LogP contribution in [0.3, 0.4) is 0 Å².